The van der Waals surface area contributed by atoms with Crippen molar-refractivity contribution in [2.24, 2.45) is 0 Å². The van der Waals surface area contributed by atoms with E-state index in [0.717, 1.165) is 5.75 Å². The van der Waals surface area contributed by atoms with Gasteiger partial charge in [0.1, 0.15) is 12.4 Å². The van der Waals surface area contributed by atoms with Crippen LogP contribution in [0.2, 0.25) is 0 Å². The molecular formula is C15H15ClF6IOP. The van der Waals surface area contributed by atoms with Crippen LogP contribution in [0.25, 0.3) is 0 Å². The van der Waals surface area contributed by atoms with E-state index in [2.05, 4.69) is 43.3 Å². The van der Waals surface area contributed by atoms with Crippen molar-refractivity contribution in [2.75, 3.05) is 12.5 Å². The van der Waals surface area contributed by atoms with Crippen molar-refractivity contribution < 1.29 is 51.1 Å². The fourth-order valence-electron chi connectivity index (χ4n) is 1.47. The van der Waals surface area contributed by atoms with Gasteiger partial charge in [0.15, 0.2) is 7.14 Å². The zero-order valence-corrected chi connectivity index (χ0v) is 16.7. The van der Waals surface area contributed by atoms with Gasteiger partial charge < -0.3 is 4.74 Å². The van der Waals surface area contributed by atoms with Crippen LogP contribution in [-0.2, 0) is 0 Å². The molecule has 1 nitrogen and oxygen atoms in total. The van der Waals surface area contributed by atoms with E-state index >= 15 is 0 Å². The van der Waals surface area contributed by atoms with E-state index in [9.17, 15) is 25.2 Å². The molecule has 2 aromatic rings. The molecule has 0 atom stereocenters. The summed E-state index contributed by atoms with van der Waals surface area (Å²) >= 11 is 5.49. The van der Waals surface area contributed by atoms with Crippen LogP contribution in [-0.4, -0.2) is 12.5 Å². The zero-order valence-electron chi connectivity index (χ0n) is 12.9. The first kappa shape index (κ1) is 22.3. The summed E-state index contributed by atoms with van der Waals surface area (Å²) in [5.41, 5.74) is 1.31. The SMILES string of the molecule is Cc1ccc([I+]c2ccc(OCCCl)cc2)cc1.F[P-](F)(F)(F)(F)F. The summed E-state index contributed by atoms with van der Waals surface area (Å²) in [5, 5.41) is 0. The van der Waals surface area contributed by atoms with Crippen LogP contribution in [0.5, 0.6) is 5.75 Å². The van der Waals surface area contributed by atoms with E-state index in [4.69, 9.17) is 16.3 Å². The van der Waals surface area contributed by atoms with Crippen LogP contribution in [0, 0.1) is 14.1 Å². The van der Waals surface area contributed by atoms with Gasteiger partial charge >= 0.3 is 54.2 Å². The average molecular weight is 519 g/mol. The number of hydrogen-bond donors (Lipinski definition) is 0. The second kappa shape index (κ2) is 7.88. The summed E-state index contributed by atoms with van der Waals surface area (Å²) < 4.78 is 67.5. The Hall–Kier alpha value is -0.730. The Morgan fingerprint density at radius 1 is 0.840 bits per heavy atom. The van der Waals surface area contributed by atoms with E-state index < -0.39 is 7.81 Å². The number of alkyl halides is 1. The van der Waals surface area contributed by atoms with Crippen LogP contribution in [0.4, 0.5) is 25.2 Å². The van der Waals surface area contributed by atoms with Crippen molar-refractivity contribution in [1.29, 1.82) is 0 Å². The van der Waals surface area contributed by atoms with Gasteiger partial charge in [-0.1, -0.05) is 17.7 Å². The van der Waals surface area contributed by atoms with Crippen LogP contribution in [0.3, 0.4) is 0 Å². The molecule has 142 valence electrons. The van der Waals surface area contributed by atoms with Crippen molar-refractivity contribution in [1.82, 2.24) is 0 Å². The van der Waals surface area contributed by atoms with Gasteiger partial charge in [-0.05, 0) is 43.3 Å². The molecule has 0 saturated carbocycles. The van der Waals surface area contributed by atoms with Gasteiger partial charge in [0.05, 0.1) is 5.88 Å². The summed E-state index contributed by atoms with van der Waals surface area (Å²) in [5.74, 6) is 1.42. The molecule has 2 rings (SSSR count). The van der Waals surface area contributed by atoms with E-state index in [1.807, 2.05) is 12.1 Å². The quantitative estimate of drug-likeness (QED) is 0.251. The van der Waals surface area contributed by atoms with E-state index in [0.29, 0.717) is 12.5 Å². The van der Waals surface area contributed by atoms with Crippen molar-refractivity contribution in [2.45, 2.75) is 6.92 Å². The molecule has 0 N–H and O–H groups in total. The fraction of sp³-hybridized carbons (Fsp3) is 0.200. The summed E-state index contributed by atoms with van der Waals surface area (Å²) in [4.78, 5) is 0. The molecule has 10 heteroatoms. The Kier molecular flexibility index (Phi) is 7.03. The van der Waals surface area contributed by atoms with Crippen LogP contribution < -0.4 is 25.9 Å². The first-order valence-corrected chi connectivity index (χ1v) is 11.5. The number of ether oxygens (including phenoxy) is 1. The Balaban J connectivity index is 0.000000381. The Labute approximate surface area is 156 Å². The molecule has 0 radical (unpaired) electrons. The predicted molar refractivity (Wildman–Crippen MR) is 84.8 cm³/mol. The molecule has 0 aliphatic carbocycles. The minimum absolute atomic E-state index is 0.0921. The van der Waals surface area contributed by atoms with Gasteiger partial charge in [0, 0.05) is 0 Å². The summed E-state index contributed by atoms with van der Waals surface area (Å²) in [7, 11) is -10.7. The topological polar surface area (TPSA) is 9.23 Å². The molecule has 0 aliphatic rings. The van der Waals surface area contributed by atoms with Crippen molar-refractivity contribution in [3.05, 3.63) is 61.2 Å². The van der Waals surface area contributed by atoms with Gasteiger partial charge in [-0.2, -0.15) is 0 Å². The van der Waals surface area contributed by atoms with Crippen molar-refractivity contribution >= 4 is 19.4 Å². The van der Waals surface area contributed by atoms with Gasteiger partial charge in [0.25, 0.3) is 0 Å². The molecule has 0 amide bonds. The summed E-state index contributed by atoms with van der Waals surface area (Å²) in [6.07, 6.45) is 0. The molecule has 2 aromatic carbocycles. The monoisotopic (exact) mass is 518 g/mol. The fourth-order valence-corrected chi connectivity index (χ4v) is 3.71. The molecule has 25 heavy (non-hydrogen) atoms. The first-order valence-electron chi connectivity index (χ1n) is 6.79. The molecule has 0 bridgehead atoms. The molecule has 0 unspecified atom stereocenters. The average Bonchev–Trinajstić information content (AvgIpc) is 2.46. The standard InChI is InChI=1S/C15H15ClIO.F6P/c1-12-2-4-13(5-3-12)17-14-6-8-15(9-7-14)18-11-10-16;1-7(2,3,4,5)6/h2-9H,10-11H2,1H3;/q+1;-1. The molecule has 0 fully saturated rings. The Bertz CT molecular complexity index is 662. The Morgan fingerprint density at radius 3 is 1.64 bits per heavy atom. The van der Waals surface area contributed by atoms with Gasteiger partial charge in [-0.3, -0.25) is 0 Å². The predicted octanol–water partition coefficient (Wildman–Crippen LogP) is 4.12. The third-order valence-electron chi connectivity index (χ3n) is 2.39. The molecule has 0 heterocycles. The van der Waals surface area contributed by atoms with Crippen LogP contribution in [0.15, 0.2) is 48.5 Å². The number of rotatable bonds is 5. The first-order chi connectivity index (χ1) is 11.2. The summed E-state index contributed by atoms with van der Waals surface area (Å²) in [6.45, 7) is 2.68. The molecule has 0 saturated heterocycles. The third-order valence-corrected chi connectivity index (χ3v) is 5.23. The maximum absolute atomic E-state index is 10.7. The second-order valence-electron chi connectivity index (χ2n) is 4.84. The minimum atomic E-state index is -10.7. The number of hydrogen-bond acceptors (Lipinski definition) is 1. The third kappa shape index (κ3) is 14.2. The number of halogens is 8. The zero-order chi connectivity index (χ0) is 19.2. The van der Waals surface area contributed by atoms with Crippen molar-refractivity contribution in [3.63, 3.8) is 0 Å². The second-order valence-corrected chi connectivity index (χ2v) is 10.2. The van der Waals surface area contributed by atoms with E-state index in [1.165, 1.54) is 12.7 Å². The van der Waals surface area contributed by atoms with Crippen molar-refractivity contribution in [3.8, 4) is 5.75 Å². The number of aryl methyl sites for hydroxylation is 1. The maximum atomic E-state index is 9.87. The van der Waals surface area contributed by atoms with Gasteiger partial charge in [-0.15, -0.1) is 11.6 Å². The number of benzene rings is 2. The molecule has 0 aromatic heterocycles. The van der Waals surface area contributed by atoms with Gasteiger partial charge in [-0.25, -0.2) is 0 Å². The molecule has 0 aliphatic heterocycles. The van der Waals surface area contributed by atoms with E-state index in [-0.39, 0.29) is 21.2 Å². The molecule has 0 spiro atoms. The van der Waals surface area contributed by atoms with Crippen LogP contribution >= 0.6 is 19.4 Å². The van der Waals surface area contributed by atoms with E-state index in [1.54, 1.807) is 0 Å². The Morgan fingerprint density at radius 2 is 1.24 bits per heavy atom. The summed E-state index contributed by atoms with van der Waals surface area (Å²) in [6, 6.07) is 17.1. The normalized spacial score (nSPS) is 13.9. The van der Waals surface area contributed by atoms with Gasteiger partial charge in [0.2, 0.25) is 0 Å². The molecular weight excluding hydrogens is 503 g/mol. The van der Waals surface area contributed by atoms with Crippen LogP contribution in [0.1, 0.15) is 5.56 Å².